The molecule has 0 fully saturated rings. The van der Waals surface area contributed by atoms with Crippen LogP contribution >= 0.6 is 21.6 Å². The second-order valence-electron chi connectivity index (χ2n) is 2.61. The van der Waals surface area contributed by atoms with Crippen LogP contribution in [0.1, 0.15) is 0 Å². The fraction of sp³-hybridized carbons (Fsp3) is 0. The lowest BCUT2D eigenvalue weighted by molar-refractivity contribution is -0.122. The highest BCUT2D eigenvalue weighted by Crippen LogP contribution is 2.34. The lowest BCUT2D eigenvalue weighted by Crippen LogP contribution is -1.75. The molecule has 0 aliphatic carbocycles. The molecule has 17 heavy (non-hydrogen) atoms. The minimum absolute atomic E-state index is 0.250. The summed E-state index contributed by atoms with van der Waals surface area (Å²) in [4.78, 5) is 16.8. The molecule has 0 unspecified atom stereocenters. The van der Waals surface area contributed by atoms with Crippen LogP contribution in [-0.2, 0) is 4.79 Å². The van der Waals surface area contributed by atoms with Crippen molar-refractivity contribution < 1.29 is 9.90 Å². The summed E-state index contributed by atoms with van der Waals surface area (Å²) < 4.78 is 0. The number of hydrogen-bond donors (Lipinski definition) is 1. The fourth-order valence-corrected chi connectivity index (χ4v) is 2.63. The van der Waals surface area contributed by atoms with Gasteiger partial charge in [0.2, 0.25) is 0 Å². The number of carboxylic acid groups (broad SMARTS) is 1. The van der Waals surface area contributed by atoms with Crippen LogP contribution < -0.4 is 0 Å². The molecule has 0 amide bonds. The van der Waals surface area contributed by atoms with E-state index < -0.39 is 0 Å². The summed E-state index contributed by atoms with van der Waals surface area (Å²) >= 11 is 0. The molecule has 0 saturated carbocycles. The molecule has 4 nitrogen and oxygen atoms in total. The maximum atomic E-state index is 8.36. The molecule has 0 bridgehead atoms. The topological polar surface area (TPSA) is 63.1 Å². The number of nitrogens with zero attached hydrogens (tertiary/aromatic N) is 2. The molecule has 0 aliphatic heterocycles. The Balaban J connectivity index is 0.000000437. The van der Waals surface area contributed by atoms with Gasteiger partial charge in [0, 0.05) is 12.4 Å². The molecule has 6 heteroatoms. The van der Waals surface area contributed by atoms with Crippen molar-refractivity contribution in [2.45, 2.75) is 10.1 Å². The third kappa shape index (κ3) is 5.94. The predicted octanol–water partition coefficient (Wildman–Crippen LogP) is 2.98. The van der Waals surface area contributed by atoms with E-state index >= 15 is 0 Å². The summed E-state index contributed by atoms with van der Waals surface area (Å²) in [6.07, 6.45) is 3.59. The average molecular weight is 266 g/mol. The van der Waals surface area contributed by atoms with E-state index in [-0.39, 0.29) is 6.47 Å². The van der Waals surface area contributed by atoms with Gasteiger partial charge in [-0.2, -0.15) is 0 Å². The molecule has 0 atom stereocenters. The molecule has 2 aromatic heterocycles. The van der Waals surface area contributed by atoms with Gasteiger partial charge in [-0.3, -0.25) is 4.79 Å². The van der Waals surface area contributed by atoms with E-state index in [2.05, 4.69) is 9.97 Å². The van der Waals surface area contributed by atoms with Gasteiger partial charge in [-0.1, -0.05) is 12.1 Å². The Morgan fingerprint density at radius 1 is 0.941 bits per heavy atom. The van der Waals surface area contributed by atoms with Crippen LogP contribution in [0, 0.1) is 0 Å². The molecule has 1 N–H and O–H groups in total. The van der Waals surface area contributed by atoms with Crippen molar-refractivity contribution in [2.24, 2.45) is 0 Å². The molecule has 0 radical (unpaired) electrons. The SMILES string of the molecule is O=CO.c1ccc(SSc2ccccn2)nc1. The molecule has 0 aromatic carbocycles. The fourth-order valence-electron chi connectivity index (χ4n) is 0.878. The van der Waals surface area contributed by atoms with Gasteiger partial charge in [-0.05, 0) is 45.9 Å². The van der Waals surface area contributed by atoms with Crippen LogP contribution in [0.15, 0.2) is 58.8 Å². The van der Waals surface area contributed by atoms with Gasteiger partial charge in [0.15, 0.2) is 0 Å². The Kier molecular flexibility index (Phi) is 6.85. The van der Waals surface area contributed by atoms with Gasteiger partial charge >= 0.3 is 0 Å². The van der Waals surface area contributed by atoms with E-state index in [4.69, 9.17) is 9.90 Å². The Morgan fingerprint density at radius 2 is 1.35 bits per heavy atom. The molecule has 0 aliphatic rings. The minimum atomic E-state index is -0.250. The van der Waals surface area contributed by atoms with Gasteiger partial charge in [0.1, 0.15) is 10.1 Å². The van der Waals surface area contributed by atoms with Crippen LogP contribution in [0.4, 0.5) is 0 Å². The van der Waals surface area contributed by atoms with Gasteiger partial charge in [0.05, 0.1) is 0 Å². The lowest BCUT2D eigenvalue weighted by Gasteiger charge is -1.97. The third-order valence-corrected chi connectivity index (χ3v) is 3.67. The first-order valence-corrected chi connectivity index (χ1v) is 6.76. The highest BCUT2D eigenvalue weighted by atomic mass is 33.1. The van der Waals surface area contributed by atoms with Crippen molar-refractivity contribution >= 4 is 28.1 Å². The zero-order chi connectivity index (χ0) is 12.3. The van der Waals surface area contributed by atoms with Crippen LogP contribution in [-0.4, -0.2) is 21.5 Å². The summed E-state index contributed by atoms with van der Waals surface area (Å²) in [5, 5.41) is 8.89. The van der Waals surface area contributed by atoms with E-state index in [1.807, 2.05) is 36.4 Å². The molecule has 2 heterocycles. The first-order valence-electron chi connectivity index (χ1n) is 4.61. The molecular formula is C11H10N2O2S2. The number of carbonyl (C=O) groups is 1. The van der Waals surface area contributed by atoms with Crippen molar-refractivity contribution in [3.8, 4) is 0 Å². The Hall–Kier alpha value is -1.53. The number of hydrogen-bond acceptors (Lipinski definition) is 5. The van der Waals surface area contributed by atoms with Crippen molar-refractivity contribution in [3.05, 3.63) is 48.8 Å². The van der Waals surface area contributed by atoms with E-state index in [9.17, 15) is 0 Å². The van der Waals surface area contributed by atoms with Crippen LogP contribution in [0.3, 0.4) is 0 Å². The van der Waals surface area contributed by atoms with Crippen LogP contribution in [0.5, 0.6) is 0 Å². The van der Waals surface area contributed by atoms with Gasteiger partial charge in [0.25, 0.3) is 6.47 Å². The van der Waals surface area contributed by atoms with Gasteiger partial charge in [-0.15, -0.1) is 0 Å². The van der Waals surface area contributed by atoms with E-state index in [0.717, 1.165) is 10.1 Å². The van der Waals surface area contributed by atoms with E-state index in [0.29, 0.717) is 0 Å². The number of rotatable bonds is 3. The largest absolute Gasteiger partial charge is 0.483 e. The summed E-state index contributed by atoms with van der Waals surface area (Å²) in [6, 6.07) is 11.8. The zero-order valence-corrected chi connectivity index (χ0v) is 10.4. The maximum Gasteiger partial charge on any atom is 0.290 e. The van der Waals surface area contributed by atoms with Crippen molar-refractivity contribution in [2.75, 3.05) is 0 Å². The average Bonchev–Trinajstić information content (AvgIpc) is 2.40. The molecule has 0 spiro atoms. The van der Waals surface area contributed by atoms with Crippen molar-refractivity contribution in [1.82, 2.24) is 9.97 Å². The predicted molar refractivity (Wildman–Crippen MR) is 68.9 cm³/mol. The smallest absolute Gasteiger partial charge is 0.290 e. The maximum absolute atomic E-state index is 8.36. The second-order valence-corrected chi connectivity index (χ2v) is 4.78. The third-order valence-electron chi connectivity index (χ3n) is 1.49. The minimum Gasteiger partial charge on any atom is -0.483 e. The first kappa shape index (κ1) is 13.5. The molecule has 0 saturated heterocycles. The summed E-state index contributed by atoms with van der Waals surface area (Å²) in [5.74, 6) is 0. The van der Waals surface area contributed by atoms with E-state index in [1.54, 1.807) is 34.0 Å². The number of aromatic nitrogens is 2. The first-order chi connectivity index (χ1) is 8.36. The van der Waals surface area contributed by atoms with Crippen molar-refractivity contribution in [3.63, 3.8) is 0 Å². The highest BCUT2D eigenvalue weighted by molar-refractivity contribution is 8.76. The zero-order valence-electron chi connectivity index (χ0n) is 8.76. The molecule has 88 valence electrons. The Bertz CT molecular complexity index is 387. The highest BCUT2D eigenvalue weighted by Gasteiger charge is 1.97. The molecule has 2 aromatic rings. The van der Waals surface area contributed by atoms with Gasteiger partial charge < -0.3 is 5.11 Å². The Morgan fingerprint density at radius 3 is 1.65 bits per heavy atom. The monoisotopic (exact) mass is 266 g/mol. The molecule has 2 rings (SSSR count). The standard InChI is InChI=1S/C10H8N2S2.CH2O2/c1-3-7-11-9(5-1)13-14-10-6-2-4-8-12-10;2-1-3/h1-8H;1H,(H,2,3). The van der Waals surface area contributed by atoms with Gasteiger partial charge in [-0.25, -0.2) is 9.97 Å². The summed E-state index contributed by atoms with van der Waals surface area (Å²) in [7, 11) is 3.23. The quantitative estimate of drug-likeness (QED) is 0.680. The normalized spacial score (nSPS) is 8.94. The number of pyridine rings is 2. The van der Waals surface area contributed by atoms with Crippen LogP contribution in [0.25, 0.3) is 0 Å². The molecular weight excluding hydrogens is 256 g/mol. The van der Waals surface area contributed by atoms with Crippen LogP contribution in [0.2, 0.25) is 0 Å². The lowest BCUT2D eigenvalue weighted by atomic mass is 10.5. The summed E-state index contributed by atoms with van der Waals surface area (Å²) in [6.45, 7) is -0.250. The van der Waals surface area contributed by atoms with E-state index in [1.165, 1.54) is 0 Å². The Labute approximate surface area is 107 Å². The second kappa shape index (κ2) is 8.60. The van der Waals surface area contributed by atoms with Crippen molar-refractivity contribution in [1.29, 1.82) is 0 Å². The summed E-state index contributed by atoms with van der Waals surface area (Å²) in [5.41, 5.74) is 0.